The van der Waals surface area contributed by atoms with Crippen molar-refractivity contribution in [3.63, 3.8) is 0 Å². The number of nitrogens with one attached hydrogen (secondary N) is 2. The van der Waals surface area contributed by atoms with Gasteiger partial charge in [0, 0.05) is 23.5 Å². The zero-order chi connectivity index (χ0) is 28.3. The largest absolute Gasteiger partial charge is 0.461 e. The van der Waals surface area contributed by atoms with Crippen LogP contribution in [0.1, 0.15) is 32.2 Å². The Morgan fingerprint density at radius 3 is 2.35 bits per heavy atom. The first-order valence-electron chi connectivity index (χ1n) is 12.4. The summed E-state index contributed by atoms with van der Waals surface area (Å²) >= 11 is 1.25. The maximum absolute atomic E-state index is 12.9. The van der Waals surface area contributed by atoms with Gasteiger partial charge in [0.1, 0.15) is 21.9 Å². The molecule has 0 atom stereocenters. The van der Waals surface area contributed by atoms with Gasteiger partial charge in [-0.25, -0.2) is 37.9 Å². The summed E-state index contributed by atoms with van der Waals surface area (Å²) in [5.74, 6) is 0.113. The Balaban J connectivity index is 1.31. The molecule has 10 nitrogen and oxygen atoms in total. The molecule has 0 amide bonds. The number of ether oxygens (including phenoxy) is 1. The smallest absolute Gasteiger partial charge is 0.348 e. The molecule has 0 radical (unpaired) electrons. The molecule has 40 heavy (non-hydrogen) atoms. The first-order chi connectivity index (χ1) is 19.2. The lowest BCUT2D eigenvalue weighted by molar-refractivity contribution is 0.0514. The average molecular weight is 575 g/mol. The van der Waals surface area contributed by atoms with Crippen molar-refractivity contribution < 1.29 is 17.9 Å². The normalized spacial score (nSPS) is 11.4. The molecule has 0 bridgehead atoms. The fourth-order valence-corrected chi connectivity index (χ4v) is 6.12. The van der Waals surface area contributed by atoms with Crippen molar-refractivity contribution in [1.29, 1.82) is 0 Å². The maximum atomic E-state index is 12.9. The molecule has 0 spiro atoms. The summed E-state index contributed by atoms with van der Waals surface area (Å²) in [6.45, 7) is 5.64. The van der Waals surface area contributed by atoms with Crippen molar-refractivity contribution in [2.45, 2.75) is 32.1 Å². The van der Waals surface area contributed by atoms with Gasteiger partial charge in [-0.3, -0.25) is 0 Å². The van der Waals surface area contributed by atoms with Crippen molar-refractivity contribution in [1.82, 2.24) is 19.9 Å². The number of nitrogens with zero attached hydrogens (tertiary/aromatic N) is 4. The molecule has 3 aromatic heterocycles. The van der Waals surface area contributed by atoms with E-state index in [0.717, 1.165) is 5.56 Å². The Labute approximate surface area is 235 Å². The van der Waals surface area contributed by atoms with Gasteiger partial charge in [-0.1, -0.05) is 30.3 Å². The van der Waals surface area contributed by atoms with E-state index < -0.39 is 16.0 Å². The van der Waals surface area contributed by atoms with Gasteiger partial charge in [0.15, 0.2) is 0 Å². The Bertz CT molecular complexity index is 1770. The van der Waals surface area contributed by atoms with Crippen LogP contribution in [0.4, 0.5) is 17.5 Å². The lowest BCUT2D eigenvalue weighted by Gasteiger charge is -2.10. The van der Waals surface area contributed by atoms with Crippen LogP contribution in [-0.2, 0) is 21.2 Å². The number of rotatable bonds is 9. The van der Waals surface area contributed by atoms with Gasteiger partial charge < -0.3 is 10.1 Å². The summed E-state index contributed by atoms with van der Waals surface area (Å²) in [7, 11) is -3.89. The molecule has 0 aliphatic rings. The highest BCUT2D eigenvalue weighted by Crippen LogP contribution is 2.35. The van der Waals surface area contributed by atoms with Crippen LogP contribution >= 0.6 is 11.3 Å². The summed E-state index contributed by atoms with van der Waals surface area (Å²) in [5.41, 5.74) is 3.74. The standard InChI is InChI=1S/C28H26N6O4S2/c1-17-15-18(2)32-28(31-17)34-40(36,37)22-11-9-21(10-12-22)33-25-23-19(3)24(39-26(23)30-16-29-25)27(35)38-14-13-20-7-5-4-6-8-20/h4-12,15-16H,13-14H2,1-3H3,(H,29,30,33)(H,31,32,34). The summed E-state index contributed by atoms with van der Waals surface area (Å²) in [6.07, 6.45) is 2.04. The quantitative estimate of drug-likeness (QED) is 0.223. The Morgan fingerprint density at radius 1 is 0.950 bits per heavy atom. The van der Waals surface area contributed by atoms with Gasteiger partial charge in [0.05, 0.1) is 16.9 Å². The molecule has 5 rings (SSSR count). The molecule has 3 heterocycles. The maximum Gasteiger partial charge on any atom is 0.348 e. The molecule has 204 valence electrons. The Hall–Kier alpha value is -4.42. The predicted octanol–water partition coefficient (Wildman–Crippen LogP) is 5.35. The van der Waals surface area contributed by atoms with E-state index in [4.69, 9.17) is 4.74 Å². The lowest BCUT2D eigenvalue weighted by atomic mass is 10.2. The Morgan fingerprint density at radius 2 is 1.65 bits per heavy atom. The van der Waals surface area contributed by atoms with Crippen LogP contribution in [0.3, 0.4) is 0 Å². The van der Waals surface area contributed by atoms with Gasteiger partial charge in [0.25, 0.3) is 10.0 Å². The number of thiophene rings is 1. The molecular weight excluding hydrogens is 548 g/mol. The van der Waals surface area contributed by atoms with Crippen LogP contribution < -0.4 is 10.0 Å². The molecule has 0 saturated heterocycles. The second kappa shape index (κ2) is 11.4. The highest BCUT2D eigenvalue weighted by Gasteiger charge is 2.21. The van der Waals surface area contributed by atoms with Gasteiger partial charge in [-0.05, 0) is 62.2 Å². The highest BCUT2D eigenvalue weighted by atomic mass is 32.2. The number of sulfonamides is 1. The molecule has 2 N–H and O–H groups in total. The molecule has 0 fully saturated rings. The topological polar surface area (TPSA) is 136 Å². The minimum absolute atomic E-state index is 0.0189. The molecule has 5 aromatic rings. The van der Waals surface area contributed by atoms with Crippen molar-refractivity contribution in [3.05, 3.63) is 94.4 Å². The van der Waals surface area contributed by atoms with Crippen molar-refractivity contribution >= 4 is 55.0 Å². The number of carbonyl (C=O) groups is 1. The van der Waals surface area contributed by atoms with E-state index in [-0.39, 0.29) is 17.5 Å². The van der Waals surface area contributed by atoms with Gasteiger partial charge in [-0.2, -0.15) is 0 Å². The van der Waals surface area contributed by atoms with Crippen LogP contribution in [0.25, 0.3) is 10.2 Å². The van der Waals surface area contributed by atoms with Gasteiger partial charge >= 0.3 is 5.97 Å². The molecule has 12 heteroatoms. The third kappa shape index (κ3) is 6.08. The number of esters is 1. The summed E-state index contributed by atoms with van der Waals surface area (Å²) in [4.78, 5) is 31.0. The molecule has 0 saturated carbocycles. The monoisotopic (exact) mass is 574 g/mol. The van der Waals surface area contributed by atoms with E-state index in [0.29, 0.717) is 50.0 Å². The first kappa shape index (κ1) is 27.2. The van der Waals surface area contributed by atoms with Crippen LogP contribution in [0.2, 0.25) is 0 Å². The third-order valence-corrected chi connectivity index (χ3v) is 8.54. The number of fused-ring (bicyclic) bond motifs is 1. The summed E-state index contributed by atoms with van der Waals surface area (Å²) in [5, 5.41) is 3.91. The number of aryl methyl sites for hydroxylation is 3. The number of benzene rings is 2. The fourth-order valence-electron chi connectivity index (χ4n) is 4.14. The van der Waals surface area contributed by atoms with Crippen molar-refractivity contribution in [3.8, 4) is 0 Å². The summed E-state index contributed by atoms with van der Waals surface area (Å²) < 4.78 is 33.7. The highest BCUT2D eigenvalue weighted by molar-refractivity contribution is 7.92. The number of anilines is 3. The Kier molecular flexibility index (Phi) is 7.71. The SMILES string of the molecule is Cc1cc(C)nc(NS(=O)(=O)c2ccc(Nc3ncnc4sc(C(=O)OCCc5ccccc5)c(C)c34)cc2)n1. The van der Waals surface area contributed by atoms with Crippen LogP contribution in [0, 0.1) is 20.8 Å². The minimum Gasteiger partial charge on any atom is -0.461 e. The molecule has 0 aliphatic carbocycles. The molecule has 2 aromatic carbocycles. The third-order valence-electron chi connectivity index (χ3n) is 6.01. The van der Waals surface area contributed by atoms with E-state index >= 15 is 0 Å². The zero-order valence-electron chi connectivity index (χ0n) is 22.0. The van der Waals surface area contributed by atoms with Crippen LogP contribution in [-0.4, -0.2) is 40.9 Å². The van der Waals surface area contributed by atoms with Crippen molar-refractivity contribution in [2.24, 2.45) is 0 Å². The zero-order valence-corrected chi connectivity index (χ0v) is 23.6. The number of aromatic nitrogens is 4. The number of hydrogen-bond acceptors (Lipinski definition) is 10. The predicted molar refractivity (Wildman–Crippen MR) is 155 cm³/mol. The van der Waals surface area contributed by atoms with Crippen molar-refractivity contribution in [2.75, 3.05) is 16.6 Å². The molecular formula is C28H26N6O4S2. The minimum atomic E-state index is -3.89. The van der Waals surface area contributed by atoms with Crippen LogP contribution in [0.5, 0.6) is 0 Å². The second-order valence-corrected chi connectivity index (χ2v) is 11.7. The van der Waals surface area contributed by atoms with Gasteiger partial charge in [-0.15, -0.1) is 11.3 Å². The number of hydrogen-bond donors (Lipinski definition) is 2. The molecule has 0 aliphatic heterocycles. The van der Waals surface area contributed by atoms with E-state index in [1.54, 1.807) is 32.0 Å². The number of carbonyl (C=O) groups excluding carboxylic acids is 1. The summed E-state index contributed by atoms with van der Waals surface area (Å²) in [6, 6.07) is 17.8. The van der Waals surface area contributed by atoms with E-state index in [2.05, 4.69) is 30.0 Å². The average Bonchev–Trinajstić information content (AvgIpc) is 3.26. The second-order valence-electron chi connectivity index (χ2n) is 9.06. The van der Waals surface area contributed by atoms with Gasteiger partial charge in [0.2, 0.25) is 5.95 Å². The fraction of sp³-hybridized carbons (Fsp3) is 0.179. The lowest BCUT2D eigenvalue weighted by Crippen LogP contribution is -2.15. The van der Waals surface area contributed by atoms with E-state index in [9.17, 15) is 13.2 Å². The van der Waals surface area contributed by atoms with E-state index in [1.807, 2.05) is 37.3 Å². The van der Waals surface area contributed by atoms with E-state index in [1.165, 1.54) is 29.8 Å². The first-order valence-corrected chi connectivity index (χ1v) is 14.7. The molecule has 0 unspecified atom stereocenters. The van der Waals surface area contributed by atoms with Crippen LogP contribution in [0.15, 0.2) is 71.9 Å².